The molecule has 0 bridgehead atoms. The van der Waals surface area contributed by atoms with Gasteiger partial charge in [-0.15, -0.1) is 6.58 Å². The summed E-state index contributed by atoms with van der Waals surface area (Å²) in [5.41, 5.74) is 8.89. The van der Waals surface area contributed by atoms with E-state index in [9.17, 15) is 0 Å². The van der Waals surface area contributed by atoms with Crippen molar-refractivity contribution in [3.05, 3.63) is 102 Å². The summed E-state index contributed by atoms with van der Waals surface area (Å²) in [5, 5.41) is 0. The van der Waals surface area contributed by atoms with Gasteiger partial charge in [0.05, 0.1) is 0 Å². The van der Waals surface area contributed by atoms with E-state index < -0.39 is 0 Å². The van der Waals surface area contributed by atoms with Crippen molar-refractivity contribution in [1.82, 2.24) is 9.97 Å². The van der Waals surface area contributed by atoms with Crippen LogP contribution in [-0.4, -0.2) is 16.1 Å². The first-order chi connectivity index (χ1) is 19.2. The van der Waals surface area contributed by atoms with Gasteiger partial charge in [0.15, 0.2) is 11.6 Å². The Bertz CT molecular complexity index is 1530. The van der Waals surface area contributed by atoms with Crippen molar-refractivity contribution >= 4 is 28.6 Å². The van der Waals surface area contributed by atoms with Crippen molar-refractivity contribution < 1.29 is 0 Å². The number of rotatable bonds is 6. The van der Waals surface area contributed by atoms with Crippen LogP contribution in [-0.2, 0) is 5.41 Å². The molecule has 4 unspecified atom stereocenters. The lowest BCUT2D eigenvalue weighted by Gasteiger charge is -2.59. The van der Waals surface area contributed by atoms with Crippen LogP contribution >= 0.6 is 0 Å². The van der Waals surface area contributed by atoms with Crippen LogP contribution in [0.25, 0.3) is 5.57 Å². The van der Waals surface area contributed by atoms with Gasteiger partial charge in [-0.3, -0.25) is 0 Å². The van der Waals surface area contributed by atoms with E-state index in [1.165, 1.54) is 33.5 Å². The van der Waals surface area contributed by atoms with Crippen molar-refractivity contribution in [3.8, 4) is 0 Å². The molecular formula is C36H42N4. The molecule has 1 aromatic heterocycles. The van der Waals surface area contributed by atoms with Crippen LogP contribution in [0.3, 0.4) is 0 Å². The van der Waals surface area contributed by atoms with Crippen molar-refractivity contribution in [2.45, 2.75) is 72.9 Å². The SMILES string of the molecule is C=CC1(CC)c2ccc(C3=C(C)C(C)C=C3C(C)C)cc2N2c3nccnc3N(c3ccccc3)C2C1(C)CC. The highest BCUT2D eigenvalue weighted by Gasteiger charge is 2.62. The zero-order chi connectivity index (χ0) is 28.4. The normalized spacial score (nSPS) is 27.1. The molecule has 0 fully saturated rings. The van der Waals surface area contributed by atoms with Crippen LogP contribution in [0.1, 0.15) is 72.4 Å². The molecule has 1 aliphatic carbocycles. The number of hydrogen-bond donors (Lipinski definition) is 0. The molecule has 0 N–H and O–H groups in total. The molecule has 2 aliphatic heterocycles. The molecule has 0 spiro atoms. The summed E-state index contributed by atoms with van der Waals surface area (Å²) in [6, 6.07) is 17.9. The largest absolute Gasteiger partial charge is 0.301 e. The van der Waals surface area contributed by atoms with Gasteiger partial charge in [0.25, 0.3) is 0 Å². The first-order valence-corrected chi connectivity index (χ1v) is 14.9. The summed E-state index contributed by atoms with van der Waals surface area (Å²) in [4.78, 5) is 14.9. The van der Waals surface area contributed by atoms with Crippen LogP contribution in [0.5, 0.6) is 0 Å². The van der Waals surface area contributed by atoms with E-state index in [1.54, 1.807) is 0 Å². The highest BCUT2D eigenvalue weighted by Crippen LogP contribution is 2.64. The molecule has 4 nitrogen and oxygen atoms in total. The Morgan fingerprint density at radius 1 is 0.975 bits per heavy atom. The molecule has 6 rings (SSSR count). The summed E-state index contributed by atoms with van der Waals surface area (Å²) in [5.74, 6) is 2.76. The van der Waals surface area contributed by atoms with Gasteiger partial charge >= 0.3 is 0 Å². The van der Waals surface area contributed by atoms with Gasteiger partial charge in [-0.1, -0.05) is 89.6 Å². The predicted molar refractivity (Wildman–Crippen MR) is 168 cm³/mol. The Labute approximate surface area is 240 Å². The van der Waals surface area contributed by atoms with E-state index in [4.69, 9.17) is 9.97 Å². The fourth-order valence-electron chi connectivity index (χ4n) is 7.87. The number of benzene rings is 2. The van der Waals surface area contributed by atoms with E-state index in [0.717, 1.165) is 30.2 Å². The van der Waals surface area contributed by atoms with Gasteiger partial charge in [0, 0.05) is 34.6 Å². The average Bonchev–Trinajstić information content (AvgIpc) is 3.49. The molecular weight excluding hydrogens is 488 g/mol. The van der Waals surface area contributed by atoms with E-state index in [0.29, 0.717) is 11.8 Å². The topological polar surface area (TPSA) is 32.3 Å². The highest BCUT2D eigenvalue weighted by atomic mass is 15.5. The summed E-state index contributed by atoms with van der Waals surface area (Å²) >= 11 is 0. The second-order valence-corrected chi connectivity index (χ2v) is 12.3. The smallest absolute Gasteiger partial charge is 0.178 e. The van der Waals surface area contributed by atoms with Gasteiger partial charge in [-0.2, -0.15) is 0 Å². The number of para-hydroxylation sites is 1. The summed E-state index contributed by atoms with van der Waals surface area (Å²) in [6.45, 7) is 20.8. The van der Waals surface area contributed by atoms with Crippen molar-refractivity contribution in [1.29, 1.82) is 0 Å². The third kappa shape index (κ3) is 3.38. The lowest BCUT2D eigenvalue weighted by Crippen LogP contribution is -2.62. The first kappa shape index (κ1) is 26.6. The van der Waals surface area contributed by atoms with Crippen molar-refractivity contribution in [3.63, 3.8) is 0 Å². The summed E-state index contributed by atoms with van der Waals surface area (Å²) in [6.07, 6.45) is 10.3. The zero-order valence-electron chi connectivity index (χ0n) is 25.1. The Morgan fingerprint density at radius 3 is 2.25 bits per heavy atom. The number of hydrogen-bond acceptors (Lipinski definition) is 4. The molecule has 0 amide bonds. The Balaban J connectivity index is 1.67. The Kier molecular flexibility index (Phi) is 6.29. The van der Waals surface area contributed by atoms with Gasteiger partial charge in [-0.25, -0.2) is 9.97 Å². The third-order valence-electron chi connectivity index (χ3n) is 10.3. The quantitative estimate of drug-likeness (QED) is 0.297. The van der Waals surface area contributed by atoms with Crippen LogP contribution in [0, 0.1) is 17.3 Å². The summed E-state index contributed by atoms with van der Waals surface area (Å²) in [7, 11) is 0. The number of aromatic nitrogens is 2. The van der Waals surface area contributed by atoms with Gasteiger partial charge in [0.2, 0.25) is 0 Å². The maximum Gasteiger partial charge on any atom is 0.178 e. The first-order valence-electron chi connectivity index (χ1n) is 14.9. The maximum absolute atomic E-state index is 4.99. The molecule has 2 aromatic carbocycles. The van der Waals surface area contributed by atoms with Crippen LogP contribution in [0.4, 0.5) is 23.0 Å². The molecule has 3 aromatic rings. The number of fused-ring (bicyclic) bond motifs is 5. The van der Waals surface area contributed by atoms with Crippen LogP contribution in [0.15, 0.2) is 90.8 Å². The second-order valence-electron chi connectivity index (χ2n) is 12.3. The monoisotopic (exact) mass is 530 g/mol. The van der Waals surface area contributed by atoms with E-state index in [2.05, 4.69) is 126 Å². The molecule has 0 saturated carbocycles. The molecule has 4 heteroatoms. The molecule has 206 valence electrons. The fraction of sp³-hybridized carbons (Fsp3) is 0.389. The fourth-order valence-corrected chi connectivity index (χ4v) is 7.87. The molecule has 40 heavy (non-hydrogen) atoms. The van der Waals surface area contributed by atoms with Crippen molar-refractivity contribution in [2.75, 3.05) is 9.80 Å². The minimum absolute atomic E-state index is 0.00399. The molecule has 0 saturated heterocycles. The summed E-state index contributed by atoms with van der Waals surface area (Å²) < 4.78 is 0. The number of allylic oxidation sites excluding steroid dienone is 5. The van der Waals surface area contributed by atoms with E-state index in [-0.39, 0.29) is 17.0 Å². The Hall–Kier alpha value is -3.66. The molecule has 0 radical (unpaired) electrons. The van der Waals surface area contributed by atoms with Gasteiger partial charge < -0.3 is 9.80 Å². The predicted octanol–water partition coefficient (Wildman–Crippen LogP) is 9.36. The standard InChI is InChI=1S/C36H42N4/c1-9-35(8)34-39(27-15-13-12-14-16-27)32-33(38-20-19-37-32)40(34)30-22-26(17-18-29(30)36(35,10-2)11-3)31-25(7)24(6)21-28(31)23(4)5/h10,12-24,34H,2,9,11H2,1,3-8H3. The van der Waals surface area contributed by atoms with Crippen LogP contribution in [0.2, 0.25) is 0 Å². The Morgan fingerprint density at radius 2 is 1.65 bits per heavy atom. The van der Waals surface area contributed by atoms with Gasteiger partial charge in [0.1, 0.15) is 6.17 Å². The highest BCUT2D eigenvalue weighted by molar-refractivity contribution is 5.91. The maximum atomic E-state index is 4.99. The van der Waals surface area contributed by atoms with E-state index >= 15 is 0 Å². The second kappa shape index (κ2) is 9.47. The minimum Gasteiger partial charge on any atom is -0.301 e. The molecule has 4 atom stereocenters. The zero-order valence-corrected chi connectivity index (χ0v) is 25.1. The average molecular weight is 531 g/mol. The number of nitrogens with zero attached hydrogens (tertiary/aromatic N) is 4. The van der Waals surface area contributed by atoms with Gasteiger partial charge in [-0.05, 0) is 72.1 Å². The van der Waals surface area contributed by atoms with Crippen molar-refractivity contribution in [2.24, 2.45) is 17.3 Å². The lowest BCUT2D eigenvalue weighted by atomic mass is 9.54. The van der Waals surface area contributed by atoms with Crippen LogP contribution < -0.4 is 9.80 Å². The molecule has 3 aliphatic rings. The molecule has 3 heterocycles. The van der Waals surface area contributed by atoms with E-state index in [1.807, 2.05) is 12.4 Å². The lowest BCUT2D eigenvalue weighted by molar-refractivity contribution is 0.120. The number of anilines is 4. The minimum atomic E-state index is -0.227. The third-order valence-corrected chi connectivity index (χ3v) is 10.3.